The molecule has 3 aromatic heterocycles. The fourth-order valence-corrected chi connectivity index (χ4v) is 4.44. The summed E-state index contributed by atoms with van der Waals surface area (Å²) in [5, 5.41) is 15.1. The molecule has 0 bridgehead atoms. The van der Waals surface area contributed by atoms with Crippen LogP contribution in [0.2, 0.25) is 0 Å². The summed E-state index contributed by atoms with van der Waals surface area (Å²) in [4.78, 5) is 8.48. The molecular weight excluding hydrogens is 324 g/mol. The number of furan rings is 1. The summed E-state index contributed by atoms with van der Waals surface area (Å²) < 4.78 is 7.26. The maximum atomic E-state index is 10.8. The van der Waals surface area contributed by atoms with Crippen molar-refractivity contribution >= 4 is 16.3 Å². The predicted octanol–water partition coefficient (Wildman–Crippen LogP) is 3.47. The van der Waals surface area contributed by atoms with E-state index in [-0.39, 0.29) is 11.9 Å². The zero-order valence-corrected chi connectivity index (χ0v) is 14.8. The van der Waals surface area contributed by atoms with Crippen LogP contribution in [-0.4, -0.2) is 37.7 Å². The van der Waals surface area contributed by atoms with E-state index in [0.29, 0.717) is 0 Å². The smallest absolute Gasteiger partial charge is 0.230 e. The summed E-state index contributed by atoms with van der Waals surface area (Å²) in [5.74, 6) is 2.55. The molecule has 0 amide bonds. The molecule has 0 saturated carbocycles. The van der Waals surface area contributed by atoms with E-state index in [1.54, 1.807) is 10.8 Å². The first-order chi connectivity index (χ1) is 11.7. The van der Waals surface area contributed by atoms with E-state index in [4.69, 9.17) is 4.42 Å². The molecule has 1 N–H and O–H groups in total. The number of nitrogens with zero attached hydrogens (tertiary/aromatic N) is 4. The van der Waals surface area contributed by atoms with E-state index in [1.165, 1.54) is 24.2 Å². The molecule has 1 saturated heterocycles. The highest BCUT2D eigenvalue weighted by Crippen LogP contribution is 2.41. The number of fused-ring (bicyclic) bond motifs is 1. The second-order valence-corrected chi connectivity index (χ2v) is 7.51. The third-order valence-electron chi connectivity index (χ3n) is 4.80. The standard InChI is InChI=1S/C17H22N4O2S/c1-3-13-18-17-21(19-13)16(22)15(24-17)14(12-5-4-10-23-12)20-8-6-11(2)7-9-20/h4-5,10-11,14,22H,3,6-9H2,1-2H3. The molecule has 7 heteroatoms. The Morgan fingerprint density at radius 2 is 2.21 bits per heavy atom. The van der Waals surface area contributed by atoms with Gasteiger partial charge in [-0.1, -0.05) is 25.2 Å². The van der Waals surface area contributed by atoms with Gasteiger partial charge in [0, 0.05) is 6.42 Å². The molecule has 0 aliphatic carbocycles. The van der Waals surface area contributed by atoms with Crippen molar-refractivity contribution in [1.82, 2.24) is 19.5 Å². The van der Waals surface area contributed by atoms with Gasteiger partial charge < -0.3 is 9.52 Å². The number of thiazole rings is 1. The Hall–Kier alpha value is -1.86. The first-order valence-electron chi connectivity index (χ1n) is 8.52. The Morgan fingerprint density at radius 3 is 2.83 bits per heavy atom. The fourth-order valence-electron chi connectivity index (χ4n) is 3.33. The van der Waals surface area contributed by atoms with Crippen LogP contribution in [0, 0.1) is 5.92 Å². The number of likely N-dealkylation sites (tertiary alicyclic amines) is 1. The van der Waals surface area contributed by atoms with Gasteiger partial charge in [-0.25, -0.2) is 4.98 Å². The number of aromatic hydroxyl groups is 1. The van der Waals surface area contributed by atoms with E-state index in [2.05, 4.69) is 21.9 Å². The monoisotopic (exact) mass is 346 g/mol. The SMILES string of the molecule is CCc1nc2sc(C(c3ccco3)N3CCC(C)CC3)c(O)n2n1. The third-order valence-corrected chi connectivity index (χ3v) is 5.88. The molecule has 0 radical (unpaired) electrons. The lowest BCUT2D eigenvalue weighted by molar-refractivity contribution is 0.144. The van der Waals surface area contributed by atoms with Crippen LogP contribution in [0.3, 0.4) is 0 Å². The minimum Gasteiger partial charge on any atom is -0.492 e. The molecule has 4 heterocycles. The molecule has 6 nitrogen and oxygen atoms in total. The van der Waals surface area contributed by atoms with E-state index >= 15 is 0 Å². The molecule has 0 spiro atoms. The Kier molecular flexibility index (Phi) is 4.05. The summed E-state index contributed by atoms with van der Waals surface area (Å²) >= 11 is 1.50. The van der Waals surface area contributed by atoms with Gasteiger partial charge in [-0.3, -0.25) is 4.90 Å². The lowest BCUT2D eigenvalue weighted by atomic mass is 9.97. The van der Waals surface area contributed by atoms with Gasteiger partial charge in [0.05, 0.1) is 11.1 Å². The molecule has 0 aromatic carbocycles. The topological polar surface area (TPSA) is 66.8 Å². The van der Waals surface area contributed by atoms with Crippen molar-refractivity contribution in [3.8, 4) is 5.88 Å². The molecule has 1 atom stereocenters. The van der Waals surface area contributed by atoms with Crippen molar-refractivity contribution in [1.29, 1.82) is 0 Å². The first kappa shape index (κ1) is 15.7. The highest BCUT2D eigenvalue weighted by molar-refractivity contribution is 7.17. The molecular formula is C17H22N4O2S. The molecule has 24 heavy (non-hydrogen) atoms. The summed E-state index contributed by atoms with van der Waals surface area (Å²) in [6.45, 7) is 6.31. The molecule has 4 rings (SSSR count). The second-order valence-electron chi connectivity index (χ2n) is 6.50. The van der Waals surface area contributed by atoms with Crippen LogP contribution in [0.4, 0.5) is 0 Å². The van der Waals surface area contributed by atoms with Gasteiger partial charge in [0.15, 0.2) is 5.82 Å². The summed E-state index contributed by atoms with van der Waals surface area (Å²) in [6, 6.07) is 3.80. The van der Waals surface area contributed by atoms with Crippen LogP contribution in [0.25, 0.3) is 4.96 Å². The van der Waals surface area contributed by atoms with Gasteiger partial charge in [-0.05, 0) is 44.0 Å². The van der Waals surface area contributed by atoms with Gasteiger partial charge in [0.2, 0.25) is 10.8 Å². The summed E-state index contributed by atoms with van der Waals surface area (Å²) in [5.41, 5.74) is 0. The number of hydrogen-bond donors (Lipinski definition) is 1. The molecule has 128 valence electrons. The van der Waals surface area contributed by atoms with Gasteiger partial charge in [0.25, 0.3) is 0 Å². The van der Waals surface area contributed by atoms with Gasteiger partial charge in [-0.15, -0.1) is 5.10 Å². The highest BCUT2D eigenvalue weighted by atomic mass is 32.1. The van der Waals surface area contributed by atoms with Crippen molar-refractivity contribution in [2.45, 2.75) is 39.2 Å². The van der Waals surface area contributed by atoms with Crippen molar-refractivity contribution < 1.29 is 9.52 Å². The van der Waals surface area contributed by atoms with Gasteiger partial charge in [-0.2, -0.15) is 4.52 Å². The zero-order chi connectivity index (χ0) is 16.7. The molecule has 1 unspecified atom stereocenters. The Morgan fingerprint density at radius 1 is 1.42 bits per heavy atom. The average Bonchev–Trinajstić information content (AvgIpc) is 3.29. The maximum Gasteiger partial charge on any atom is 0.230 e. The number of aromatic nitrogens is 3. The van der Waals surface area contributed by atoms with E-state index < -0.39 is 0 Å². The van der Waals surface area contributed by atoms with Crippen LogP contribution in [0.15, 0.2) is 22.8 Å². The summed E-state index contributed by atoms with van der Waals surface area (Å²) in [6.07, 6.45) is 4.78. The Balaban J connectivity index is 1.76. The predicted molar refractivity (Wildman–Crippen MR) is 92.4 cm³/mol. The van der Waals surface area contributed by atoms with Crippen molar-refractivity contribution in [3.05, 3.63) is 34.9 Å². The highest BCUT2D eigenvalue weighted by Gasteiger charge is 2.33. The lowest BCUT2D eigenvalue weighted by Crippen LogP contribution is -2.36. The van der Waals surface area contributed by atoms with Crippen LogP contribution in [0.5, 0.6) is 5.88 Å². The first-order valence-corrected chi connectivity index (χ1v) is 9.33. The number of rotatable bonds is 4. The molecule has 1 aliphatic heterocycles. The van der Waals surface area contributed by atoms with E-state index in [0.717, 1.165) is 46.9 Å². The van der Waals surface area contributed by atoms with E-state index in [9.17, 15) is 5.11 Å². The largest absolute Gasteiger partial charge is 0.492 e. The summed E-state index contributed by atoms with van der Waals surface area (Å²) in [7, 11) is 0. The van der Waals surface area contributed by atoms with Crippen molar-refractivity contribution in [2.24, 2.45) is 5.92 Å². The maximum absolute atomic E-state index is 10.8. The minimum atomic E-state index is -0.0777. The third kappa shape index (κ3) is 2.61. The average molecular weight is 346 g/mol. The fraction of sp³-hybridized carbons (Fsp3) is 0.529. The Bertz CT molecular complexity index is 815. The van der Waals surface area contributed by atoms with E-state index in [1.807, 2.05) is 19.1 Å². The molecule has 1 aliphatic rings. The second kappa shape index (κ2) is 6.22. The zero-order valence-electron chi connectivity index (χ0n) is 14.0. The van der Waals surface area contributed by atoms with Gasteiger partial charge in [0.1, 0.15) is 11.8 Å². The molecule has 3 aromatic rings. The quantitative estimate of drug-likeness (QED) is 0.783. The number of hydrogen-bond acceptors (Lipinski definition) is 6. The van der Waals surface area contributed by atoms with Crippen LogP contribution in [0.1, 0.15) is 49.2 Å². The van der Waals surface area contributed by atoms with Gasteiger partial charge >= 0.3 is 0 Å². The van der Waals surface area contributed by atoms with Crippen molar-refractivity contribution in [3.63, 3.8) is 0 Å². The van der Waals surface area contributed by atoms with Crippen LogP contribution < -0.4 is 0 Å². The number of aryl methyl sites for hydroxylation is 1. The van der Waals surface area contributed by atoms with Crippen LogP contribution in [-0.2, 0) is 6.42 Å². The number of piperidine rings is 1. The molecule has 1 fully saturated rings. The minimum absolute atomic E-state index is 0.0777. The lowest BCUT2D eigenvalue weighted by Gasteiger charge is -2.35. The normalized spacial score (nSPS) is 18.4. The Labute approximate surface area is 144 Å². The van der Waals surface area contributed by atoms with Crippen LogP contribution >= 0.6 is 11.3 Å². The van der Waals surface area contributed by atoms with Crippen molar-refractivity contribution in [2.75, 3.05) is 13.1 Å².